The van der Waals surface area contributed by atoms with Crippen LogP contribution in [0.1, 0.15) is 45.4 Å². The highest BCUT2D eigenvalue weighted by atomic mass is 16.3. The second-order valence-electron chi connectivity index (χ2n) is 5.99. The third kappa shape index (κ3) is 4.25. The highest BCUT2D eigenvalue weighted by molar-refractivity contribution is 5.73. The lowest BCUT2D eigenvalue weighted by molar-refractivity contribution is -0.119. The number of hydrogen-bond donors (Lipinski definition) is 2. The van der Waals surface area contributed by atoms with Crippen LogP contribution in [-0.2, 0) is 4.79 Å². The van der Waals surface area contributed by atoms with E-state index in [0.29, 0.717) is 0 Å². The molecule has 1 aliphatic carbocycles. The summed E-state index contributed by atoms with van der Waals surface area (Å²) in [5.41, 5.74) is 0. The molecule has 2 N–H and O–H groups in total. The van der Waals surface area contributed by atoms with Crippen LogP contribution in [0.4, 0.5) is 0 Å². The summed E-state index contributed by atoms with van der Waals surface area (Å²) in [6.45, 7) is 4.22. The van der Waals surface area contributed by atoms with E-state index in [4.69, 9.17) is 0 Å². The average molecular weight is 254 g/mol. The van der Waals surface area contributed by atoms with Gasteiger partial charge >= 0.3 is 0 Å². The molecule has 1 aliphatic heterocycles. The van der Waals surface area contributed by atoms with E-state index in [1.807, 2.05) is 0 Å². The lowest BCUT2D eigenvalue weighted by Gasteiger charge is -2.22. The third-order valence-electron chi connectivity index (χ3n) is 4.23. The molecule has 1 heterocycles. The number of β-amino-alcohol motifs (C(OH)–C–C–N with tert-alkyl or cyclic N) is 1. The van der Waals surface area contributed by atoms with Crippen molar-refractivity contribution in [3.8, 4) is 0 Å². The molecule has 2 fully saturated rings. The van der Waals surface area contributed by atoms with Gasteiger partial charge in [-0.3, -0.25) is 9.69 Å². The Bertz CT molecular complexity index is 277. The van der Waals surface area contributed by atoms with Crippen molar-refractivity contribution in [2.45, 2.75) is 57.6 Å². The van der Waals surface area contributed by atoms with Crippen molar-refractivity contribution in [3.05, 3.63) is 0 Å². The van der Waals surface area contributed by atoms with Crippen LogP contribution in [0.5, 0.6) is 0 Å². The van der Waals surface area contributed by atoms with E-state index in [1.54, 1.807) is 6.92 Å². The minimum absolute atomic E-state index is 0.0494. The van der Waals surface area contributed by atoms with Crippen molar-refractivity contribution in [3.63, 3.8) is 0 Å². The Morgan fingerprint density at radius 2 is 2.11 bits per heavy atom. The summed E-state index contributed by atoms with van der Waals surface area (Å²) in [6.07, 6.45) is 7.05. The van der Waals surface area contributed by atoms with Crippen molar-refractivity contribution in [1.82, 2.24) is 10.2 Å². The first kappa shape index (κ1) is 13.8. The fourth-order valence-corrected chi connectivity index (χ4v) is 3.41. The summed E-state index contributed by atoms with van der Waals surface area (Å²) in [5, 5.41) is 13.1. The van der Waals surface area contributed by atoms with Gasteiger partial charge in [0.25, 0.3) is 0 Å². The number of aliphatic hydroxyl groups excluding tert-OH is 1. The predicted molar refractivity (Wildman–Crippen MR) is 71.2 cm³/mol. The maximum absolute atomic E-state index is 11.0. The lowest BCUT2D eigenvalue weighted by Crippen LogP contribution is -2.37. The van der Waals surface area contributed by atoms with Crippen molar-refractivity contribution >= 4 is 5.91 Å². The van der Waals surface area contributed by atoms with Crippen LogP contribution in [0.3, 0.4) is 0 Å². The zero-order chi connectivity index (χ0) is 13.0. The molecule has 1 saturated heterocycles. The molecule has 2 aliphatic rings. The van der Waals surface area contributed by atoms with Crippen molar-refractivity contribution in [1.29, 1.82) is 0 Å². The van der Waals surface area contributed by atoms with E-state index in [2.05, 4.69) is 10.2 Å². The molecule has 0 aromatic carbocycles. The number of amides is 1. The monoisotopic (exact) mass is 254 g/mol. The molecule has 2 unspecified atom stereocenters. The predicted octanol–water partition coefficient (Wildman–Crippen LogP) is 1.14. The summed E-state index contributed by atoms with van der Waals surface area (Å²) in [5.74, 6) is 0.794. The molecule has 0 radical (unpaired) electrons. The Labute approximate surface area is 110 Å². The number of carbonyl (C=O) groups is 1. The highest BCUT2D eigenvalue weighted by Crippen LogP contribution is 2.28. The number of nitrogens with zero attached hydrogens (tertiary/aromatic N) is 1. The molecule has 0 aromatic rings. The maximum atomic E-state index is 11.0. The number of likely N-dealkylation sites (tertiary alicyclic amines) is 1. The van der Waals surface area contributed by atoms with E-state index in [9.17, 15) is 9.90 Å². The van der Waals surface area contributed by atoms with Gasteiger partial charge in [-0.05, 0) is 18.8 Å². The van der Waals surface area contributed by atoms with Crippen LogP contribution in [0.2, 0.25) is 0 Å². The van der Waals surface area contributed by atoms with Gasteiger partial charge in [-0.25, -0.2) is 0 Å². The van der Waals surface area contributed by atoms with E-state index >= 15 is 0 Å². The minimum Gasteiger partial charge on any atom is -0.392 e. The Hall–Kier alpha value is -0.610. The molecule has 0 spiro atoms. The second kappa shape index (κ2) is 6.53. The quantitative estimate of drug-likeness (QED) is 0.773. The van der Waals surface area contributed by atoms with Crippen molar-refractivity contribution in [2.75, 3.05) is 19.6 Å². The van der Waals surface area contributed by atoms with Crippen LogP contribution in [0.25, 0.3) is 0 Å². The first-order valence-electron chi connectivity index (χ1n) is 7.31. The van der Waals surface area contributed by atoms with Crippen LogP contribution >= 0.6 is 0 Å². The van der Waals surface area contributed by atoms with Crippen molar-refractivity contribution in [2.24, 2.45) is 5.92 Å². The highest BCUT2D eigenvalue weighted by Gasteiger charge is 2.26. The molecule has 104 valence electrons. The van der Waals surface area contributed by atoms with Crippen LogP contribution in [0.15, 0.2) is 0 Å². The van der Waals surface area contributed by atoms with Crippen LogP contribution in [0, 0.1) is 5.92 Å². The minimum atomic E-state index is -0.191. The Kier molecular flexibility index (Phi) is 5.01. The summed E-state index contributed by atoms with van der Waals surface area (Å²) in [6, 6.07) is 0.279. The van der Waals surface area contributed by atoms with Gasteiger partial charge in [0, 0.05) is 32.6 Å². The number of carbonyl (C=O) groups excluding carboxylic acids is 1. The third-order valence-corrected chi connectivity index (χ3v) is 4.23. The summed E-state index contributed by atoms with van der Waals surface area (Å²) in [4.78, 5) is 13.3. The van der Waals surface area contributed by atoms with E-state index in [1.165, 1.54) is 25.7 Å². The molecule has 1 saturated carbocycles. The first-order chi connectivity index (χ1) is 8.63. The maximum Gasteiger partial charge on any atom is 0.217 e. The molecule has 4 nitrogen and oxygen atoms in total. The van der Waals surface area contributed by atoms with Gasteiger partial charge < -0.3 is 10.4 Å². The standard InChI is InChI=1S/C14H26N2O2/c1-11(17)15-13-6-7-16(9-13)10-14(18)8-12-4-2-3-5-12/h12-14,18H,2-10H2,1H3,(H,15,17). The van der Waals surface area contributed by atoms with E-state index in [0.717, 1.165) is 38.4 Å². The molecule has 2 atom stereocenters. The zero-order valence-corrected chi connectivity index (χ0v) is 11.4. The van der Waals surface area contributed by atoms with Gasteiger partial charge in [0.2, 0.25) is 5.91 Å². The molecule has 4 heteroatoms. The zero-order valence-electron chi connectivity index (χ0n) is 11.4. The average Bonchev–Trinajstić information content (AvgIpc) is 2.89. The first-order valence-corrected chi connectivity index (χ1v) is 7.31. The second-order valence-corrected chi connectivity index (χ2v) is 5.99. The molecule has 18 heavy (non-hydrogen) atoms. The largest absolute Gasteiger partial charge is 0.392 e. The Morgan fingerprint density at radius 3 is 2.78 bits per heavy atom. The van der Waals surface area contributed by atoms with Gasteiger partial charge in [-0.15, -0.1) is 0 Å². The van der Waals surface area contributed by atoms with Gasteiger partial charge in [-0.1, -0.05) is 25.7 Å². The molecule has 2 rings (SSSR count). The Morgan fingerprint density at radius 1 is 1.39 bits per heavy atom. The summed E-state index contributed by atoms with van der Waals surface area (Å²) < 4.78 is 0. The number of rotatable bonds is 5. The normalized spacial score (nSPS) is 27.6. The lowest BCUT2D eigenvalue weighted by atomic mass is 10.00. The Balaban J connectivity index is 1.65. The van der Waals surface area contributed by atoms with Crippen LogP contribution in [-0.4, -0.2) is 47.7 Å². The fraction of sp³-hybridized carbons (Fsp3) is 0.929. The molecule has 0 aromatic heterocycles. The van der Waals surface area contributed by atoms with E-state index in [-0.39, 0.29) is 18.1 Å². The molecule has 0 bridgehead atoms. The number of hydrogen-bond acceptors (Lipinski definition) is 3. The van der Waals surface area contributed by atoms with Crippen molar-refractivity contribution < 1.29 is 9.90 Å². The van der Waals surface area contributed by atoms with Gasteiger partial charge in [-0.2, -0.15) is 0 Å². The van der Waals surface area contributed by atoms with Gasteiger partial charge in [0.05, 0.1) is 6.10 Å². The summed E-state index contributed by atoms with van der Waals surface area (Å²) >= 11 is 0. The number of nitrogens with one attached hydrogen (secondary N) is 1. The smallest absolute Gasteiger partial charge is 0.217 e. The number of aliphatic hydroxyl groups is 1. The van der Waals surface area contributed by atoms with Gasteiger partial charge in [0.15, 0.2) is 0 Å². The molecule has 1 amide bonds. The van der Waals surface area contributed by atoms with Crippen LogP contribution < -0.4 is 5.32 Å². The summed E-state index contributed by atoms with van der Waals surface area (Å²) in [7, 11) is 0. The molecular formula is C14H26N2O2. The van der Waals surface area contributed by atoms with E-state index < -0.39 is 0 Å². The fourth-order valence-electron chi connectivity index (χ4n) is 3.41. The SMILES string of the molecule is CC(=O)NC1CCN(CC(O)CC2CCCC2)C1. The topological polar surface area (TPSA) is 52.6 Å². The molecular weight excluding hydrogens is 228 g/mol. The van der Waals surface area contributed by atoms with Gasteiger partial charge in [0.1, 0.15) is 0 Å².